The molecule has 4 N–H and O–H groups in total. The summed E-state index contributed by atoms with van der Waals surface area (Å²) in [6.45, 7) is 2.19. The second kappa shape index (κ2) is 9.56. The average molecular weight is 446 g/mol. The number of nitrogen functional groups attached to an aromatic ring is 1. The van der Waals surface area contributed by atoms with Gasteiger partial charge in [-0.25, -0.2) is 4.98 Å². The maximum absolute atomic E-state index is 12.9. The van der Waals surface area contributed by atoms with Gasteiger partial charge in [-0.15, -0.1) is 11.3 Å². The lowest BCUT2D eigenvalue weighted by atomic mass is 10.1. The number of hydrogen-bond acceptors (Lipinski definition) is 7. The zero-order valence-corrected chi connectivity index (χ0v) is 17.7. The first-order valence-electron chi connectivity index (χ1n) is 9.65. The number of hydrogen-bond donors (Lipinski definition) is 3. The summed E-state index contributed by atoms with van der Waals surface area (Å²) in [6, 6.07) is 5.63. The first kappa shape index (κ1) is 22.2. The van der Waals surface area contributed by atoms with Crippen molar-refractivity contribution in [1.82, 2.24) is 14.8 Å². The molecule has 0 bridgehead atoms. The maximum Gasteiger partial charge on any atom is 0.315 e. The van der Waals surface area contributed by atoms with Gasteiger partial charge >= 0.3 is 17.8 Å². The Bertz CT molecular complexity index is 963. The zero-order chi connectivity index (χ0) is 22.5. The number of nitrogens with one attached hydrogen (secondary N) is 1. The second-order valence-electron chi connectivity index (χ2n) is 6.95. The molecule has 2 atom stereocenters. The molecule has 1 aromatic carbocycles. The van der Waals surface area contributed by atoms with Crippen LogP contribution in [0.5, 0.6) is 5.75 Å². The van der Waals surface area contributed by atoms with E-state index in [4.69, 9.17) is 15.9 Å². The third-order valence-corrected chi connectivity index (χ3v) is 5.66. The van der Waals surface area contributed by atoms with E-state index in [0.29, 0.717) is 29.3 Å². The summed E-state index contributed by atoms with van der Waals surface area (Å²) < 4.78 is 6.01. The molecule has 1 fully saturated rings. The van der Waals surface area contributed by atoms with Gasteiger partial charge in [-0.1, -0.05) is 6.92 Å². The van der Waals surface area contributed by atoms with Gasteiger partial charge in [0.1, 0.15) is 16.6 Å². The molecule has 10 nitrogen and oxygen atoms in total. The van der Waals surface area contributed by atoms with E-state index in [1.54, 1.807) is 29.6 Å². The van der Waals surface area contributed by atoms with Crippen LogP contribution >= 0.6 is 11.3 Å². The lowest BCUT2D eigenvalue weighted by Crippen LogP contribution is -2.62. The van der Waals surface area contributed by atoms with E-state index in [-0.39, 0.29) is 18.8 Å². The number of amides is 2. The van der Waals surface area contributed by atoms with Crippen molar-refractivity contribution in [2.24, 2.45) is 5.73 Å². The number of amidine groups is 1. The number of nitrogens with zero attached hydrogens (tertiary/aromatic N) is 3. The zero-order valence-electron chi connectivity index (χ0n) is 16.9. The minimum atomic E-state index is -1.10. The molecule has 2 aromatic rings. The number of aromatic nitrogens is 1. The molecule has 2 amide bonds. The van der Waals surface area contributed by atoms with Crippen molar-refractivity contribution in [1.29, 1.82) is 5.41 Å². The minimum Gasteiger partial charge on any atom is -0.481 e. The molecule has 2 unspecified atom stereocenters. The predicted octanol–water partition coefficient (Wildman–Crippen LogP) is 1.43. The van der Waals surface area contributed by atoms with Gasteiger partial charge in [0.2, 0.25) is 0 Å². The Morgan fingerprint density at radius 2 is 2.06 bits per heavy atom. The molecule has 164 valence electrons. The number of rotatable bonds is 9. The van der Waals surface area contributed by atoms with Crippen LogP contribution in [0.1, 0.15) is 36.4 Å². The van der Waals surface area contributed by atoms with Crippen LogP contribution in [0.2, 0.25) is 0 Å². The van der Waals surface area contributed by atoms with E-state index in [1.807, 2.05) is 6.92 Å². The highest BCUT2D eigenvalue weighted by atomic mass is 32.1. The molecule has 1 aliphatic heterocycles. The van der Waals surface area contributed by atoms with Crippen molar-refractivity contribution in [3.05, 3.63) is 46.4 Å². The lowest BCUT2D eigenvalue weighted by molar-refractivity contribution is -0.169. The fourth-order valence-electron chi connectivity index (χ4n) is 3.35. The van der Waals surface area contributed by atoms with Crippen LogP contribution in [0.25, 0.3) is 0 Å². The van der Waals surface area contributed by atoms with Crippen molar-refractivity contribution in [3.8, 4) is 5.75 Å². The standard InChI is InChI=1S/C20H23N5O5S/c1-2-8-24-15(30-13-5-3-12(4-6-13)17(21)22)11-25(20(29)19(24)28)14(10-16(26)27)18-23-7-9-31-18/h3-7,9,14-15H,2,8,10-11H2,1H3,(H3,21,22)(H,26,27). The van der Waals surface area contributed by atoms with Gasteiger partial charge in [0, 0.05) is 23.7 Å². The quantitative estimate of drug-likeness (QED) is 0.300. The first-order valence-corrected chi connectivity index (χ1v) is 10.5. The molecular weight excluding hydrogens is 422 g/mol. The SMILES string of the molecule is CCCN1C(=O)C(=O)N(C(CC(=O)O)c2nccs2)CC1Oc1ccc(C(=N)N)cc1. The predicted molar refractivity (Wildman–Crippen MR) is 113 cm³/mol. The molecule has 0 radical (unpaired) electrons. The normalized spacial score (nSPS) is 17.5. The lowest BCUT2D eigenvalue weighted by Gasteiger charge is -2.42. The van der Waals surface area contributed by atoms with Crippen molar-refractivity contribution >= 4 is 35.0 Å². The fourth-order valence-corrected chi connectivity index (χ4v) is 4.10. The van der Waals surface area contributed by atoms with E-state index >= 15 is 0 Å². The molecule has 0 spiro atoms. The first-order chi connectivity index (χ1) is 14.8. The van der Waals surface area contributed by atoms with E-state index in [1.165, 1.54) is 27.3 Å². The Labute approximate surface area is 182 Å². The number of carboxylic acids is 1. The number of carboxylic acid groups (broad SMARTS) is 1. The fraction of sp³-hybridized carbons (Fsp3) is 0.350. The third-order valence-electron chi connectivity index (χ3n) is 4.79. The average Bonchev–Trinajstić information content (AvgIpc) is 3.26. The number of carbonyl (C=O) groups excluding carboxylic acids is 2. The minimum absolute atomic E-state index is 0.00341. The number of nitrogens with two attached hydrogens (primary N) is 1. The summed E-state index contributed by atoms with van der Waals surface area (Å²) in [6.07, 6.45) is 0.969. The highest BCUT2D eigenvalue weighted by Gasteiger charge is 2.44. The molecular formula is C20H23N5O5S. The number of piperazine rings is 1. The topological polar surface area (TPSA) is 150 Å². The van der Waals surface area contributed by atoms with Crippen molar-refractivity contribution < 1.29 is 24.2 Å². The number of benzene rings is 1. The molecule has 0 saturated carbocycles. The Morgan fingerprint density at radius 1 is 1.35 bits per heavy atom. The maximum atomic E-state index is 12.9. The summed E-state index contributed by atoms with van der Waals surface area (Å²) in [4.78, 5) is 43.9. The van der Waals surface area contributed by atoms with Gasteiger partial charge < -0.3 is 20.5 Å². The van der Waals surface area contributed by atoms with Gasteiger partial charge in [0.05, 0.1) is 19.0 Å². The van der Waals surface area contributed by atoms with Gasteiger partial charge in [-0.3, -0.25) is 24.7 Å². The molecule has 1 aromatic heterocycles. The van der Waals surface area contributed by atoms with Crippen LogP contribution in [0.4, 0.5) is 0 Å². The number of thiazole rings is 1. The smallest absolute Gasteiger partial charge is 0.315 e. The van der Waals surface area contributed by atoms with Crippen LogP contribution in [-0.4, -0.2) is 62.8 Å². The largest absolute Gasteiger partial charge is 0.481 e. The van der Waals surface area contributed by atoms with Crippen molar-refractivity contribution in [2.45, 2.75) is 32.0 Å². The van der Waals surface area contributed by atoms with E-state index in [9.17, 15) is 19.5 Å². The molecule has 31 heavy (non-hydrogen) atoms. The summed E-state index contributed by atoms with van der Waals surface area (Å²) in [7, 11) is 0. The molecule has 1 saturated heterocycles. The number of aliphatic carboxylic acids is 1. The van der Waals surface area contributed by atoms with E-state index in [0.717, 1.165) is 0 Å². The number of ether oxygens (including phenoxy) is 1. The Balaban J connectivity index is 1.90. The van der Waals surface area contributed by atoms with Gasteiger partial charge in [-0.2, -0.15) is 0 Å². The highest BCUT2D eigenvalue weighted by Crippen LogP contribution is 2.30. The van der Waals surface area contributed by atoms with E-state index < -0.39 is 30.1 Å². The Hall–Kier alpha value is -3.47. The molecule has 1 aliphatic rings. The molecule has 3 rings (SSSR count). The highest BCUT2D eigenvalue weighted by molar-refractivity contribution is 7.09. The van der Waals surface area contributed by atoms with Gasteiger partial charge in [0.15, 0.2) is 6.23 Å². The third kappa shape index (κ3) is 5.00. The summed E-state index contributed by atoms with van der Waals surface area (Å²) in [5.74, 6) is -2.27. The van der Waals surface area contributed by atoms with Crippen LogP contribution < -0.4 is 10.5 Å². The van der Waals surface area contributed by atoms with Crippen LogP contribution in [0.3, 0.4) is 0 Å². The van der Waals surface area contributed by atoms with Crippen LogP contribution in [0, 0.1) is 5.41 Å². The summed E-state index contributed by atoms with van der Waals surface area (Å²) in [5.41, 5.74) is 6.00. The number of carbonyl (C=O) groups is 3. The monoisotopic (exact) mass is 445 g/mol. The van der Waals surface area contributed by atoms with E-state index in [2.05, 4.69) is 4.98 Å². The molecule has 0 aliphatic carbocycles. The van der Waals surface area contributed by atoms with Crippen LogP contribution in [-0.2, 0) is 14.4 Å². The van der Waals surface area contributed by atoms with Gasteiger partial charge in [0.25, 0.3) is 0 Å². The summed E-state index contributed by atoms with van der Waals surface area (Å²) >= 11 is 1.22. The van der Waals surface area contributed by atoms with Crippen LogP contribution in [0.15, 0.2) is 35.8 Å². The molecule has 2 heterocycles. The Kier molecular flexibility index (Phi) is 6.85. The van der Waals surface area contributed by atoms with Crippen molar-refractivity contribution in [2.75, 3.05) is 13.1 Å². The Morgan fingerprint density at radius 3 is 2.61 bits per heavy atom. The summed E-state index contributed by atoms with van der Waals surface area (Å²) in [5, 5.41) is 19.0. The second-order valence-corrected chi connectivity index (χ2v) is 7.88. The van der Waals surface area contributed by atoms with Gasteiger partial charge in [-0.05, 0) is 30.7 Å². The molecule has 11 heteroatoms. The van der Waals surface area contributed by atoms with Crippen molar-refractivity contribution in [3.63, 3.8) is 0 Å².